The molecule has 0 spiro atoms. The molecule has 1 aromatic carbocycles. The van der Waals surface area contributed by atoms with E-state index >= 15 is 0 Å². The van der Waals surface area contributed by atoms with Crippen molar-refractivity contribution in [3.05, 3.63) is 35.2 Å². The van der Waals surface area contributed by atoms with E-state index in [0.717, 1.165) is 0 Å². The second-order valence-corrected chi connectivity index (χ2v) is 6.73. The maximum Gasteiger partial charge on any atom is 0.341 e. The summed E-state index contributed by atoms with van der Waals surface area (Å²) >= 11 is 0. The number of hydrogen-bond acceptors (Lipinski definition) is 5. The normalized spacial score (nSPS) is 20.8. The quantitative estimate of drug-likeness (QED) is 0.790. The summed E-state index contributed by atoms with van der Waals surface area (Å²) in [5.41, 5.74) is 1.69. The summed E-state index contributed by atoms with van der Waals surface area (Å²) in [6, 6.07) is 4.65. The molecule has 0 aromatic heterocycles. The van der Waals surface area contributed by atoms with Crippen molar-refractivity contribution in [3.63, 3.8) is 0 Å². The van der Waals surface area contributed by atoms with Crippen molar-refractivity contribution >= 4 is 23.1 Å². The predicted molar refractivity (Wildman–Crippen MR) is 97.3 cm³/mol. The summed E-state index contributed by atoms with van der Waals surface area (Å²) in [4.78, 5) is 27.3. The Hall–Kier alpha value is -2.48. The summed E-state index contributed by atoms with van der Waals surface area (Å²) in [6.45, 7) is 5.63. The fourth-order valence-corrected chi connectivity index (χ4v) is 3.47. The summed E-state index contributed by atoms with van der Waals surface area (Å²) in [6.07, 6.45) is -0.823. The molecule has 0 aliphatic carbocycles. The molecule has 146 valence electrons. The third kappa shape index (κ3) is 4.10. The van der Waals surface area contributed by atoms with Crippen LogP contribution in [0, 0.1) is 5.82 Å². The topological polar surface area (TPSA) is 61.9 Å². The lowest BCUT2D eigenvalue weighted by molar-refractivity contribution is -0.140. The SMILES string of the molecule is CC(=O)N[C@@H]1OC(=O)C(c2ccc(N3CCN(CCF)CC3)c(F)c2)=C1C. The molecule has 27 heavy (non-hydrogen) atoms. The molecular weight excluding hydrogens is 356 g/mol. The molecule has 1 atom stereocenters. The molecule has 1 amide bonds. The predicted octanol–water partition coefficient (Wildman–Crippen LogP) is 1.71. The average Bonchev–Trinajstić information content (AvgIpc) is 2.89. The number of anilines is 1. The lowest BCUT2D eigenvalue weighted by Gasteiger charge is -2.35. The smallest absolute Gasteiger partial charge is 0.341 e. The maximum absolute atomic E-state index is 14.7. The lowest BCUT2D eigenvalue weighted by Crippen LogP contribution is -2.47. The van der Waals surface area contributed by atoms with E-state index < -0.39 is 18.0 Å². The van der Waals surface area contributed by atoms with Crippen LogP contribution in [0.4, 0.5) is 14.5 Å². The average molecular weight is 379 g/mol. The van der Waals surface area contributed by atoms with Crippen molar-refractivity contribution in [2.75, 3.05) is 44.3 Å². The van der Waals surface area contributed by atoms with Crippen molar-refractivity contribution in [2.24, 2.45) is 0 Å². The Bertz CT molecular complexity index is 773. The molecule has 1 fully saturated rings. The van der Waals surface area contributed by atoms with E-state index in [-0.39, 0.29) is 18.2 Å². The summed E-state index contributed by atoms with van der Waals surface area (Å²) < 4.78 is 32.3. The van der Waals surface area contributed by atoms with Gasteiger partial charge in [-0.25, -0.2) is 13.6 Å². The molecular formula is C19H23F2N3O3. The zero-order chi connectivity index (χ0) is 19.6. The minimum absolute atomic E-state index is 0.270. The number of benzene rings is 1. The van der Waals surface area contributed by atoms with Crippen LogP contribution in [0.2, 0.25) is 0 Å². The minimum Gasteiger partial charge on any atom is -0.434 e. The number of ether oxygens (including phenoxy) is 1. The van der Waals surface area contributed by atoms with Gasteiger partial charge in [0.05, 0.1) is 11.3 Å². The maximum atomic E-state index is 14.7. The standard InChI is InChI=1S/C19H23F2N3O3/c1-12-17(19(26)27-18(12)22-13(2)25)14-3-4-16(15(21)11-14)24-9-7-23(6-5-20)8-10-24/h3-4,11,18H,5-10H2,1-2H3,(H,22,25)/t18-/m1/s1. The van der Waals surface area contributed by atoms with Gasteiger partial charge in [-0.1, -0.05) is 6.07 Å². The first-order valence-corrected chi connectivity index (χ1v) is 8.92. The van der Waals surface area contributed by atoms with Gasteiger partial charge in [0.2, 0.25) is 5.91 Å². The molecule has 1 saturated heterocycles. The van der Waals surface area contributed by atoms with E-state index in [1.165, 1.54) is 13.0 Å². The van der Waals surface area contributed by atoms with Crippen LogP contribution in [-0.2, 0) is 14.3 Å². The van der Waals surface area contributed by atoms with Crippen LogP contribution >= 0.6 is 0 Å². The van der Waals surface area contributed by atoms with E-state index in [1.54, 1.807) is 19.1 Å². The highest BCUT2D eigenvalue weighted by Gasteiger charge is 2.33. The molecule has 2 aliphatic rings. The molecule has 3 rings (SSSR count). The summed E-state index contributed by atoms with van der Waals surface area (Å²) in [5, 5.41) is 2.54. The minimum atomic E-state index is -0.823. The van der Waals surface area contributed by atoms with Crippen LogP contribution in [-0.4, -0.2) is 62.4 Å². The highest BCUT2D eigenvalue weighted by atomic mass is 19.1. The van der Waals surface area contributed by atoms with Crippen LogP contribution in [0.25, 0.3) is 5.57 Å². The number of cyclic esters (lactones) is 1. The first kappa shape index (κ1) is 19.3. The van der Waals surface area contributed by atoms with Gasteiger partial charge in [0.15, 0.2) is 6.23 Å². The number of amides is 1. The number of hydrogen-bond donors (Lipinski definition) is 1. The first-order valence-electron chi connectivity index (χ1n) is 8.92. The molecule has 2 aliphatic heterocycles. The van der Waals surface area contributed by atoms with E-state index in [9.17, 15) is 18.4 Å². The van der Waals surface area contributed by atoms with Gasteiger partial charge in [-0.05, 0) is 24.6 Å². The van der Waals surface area contributed by atoms with E-state index in [0.29, 0.717) is 49.5 Å². The molecule has 0 bridgehead atoms. The Labute approximate surface area is 156 Å². The zero-order valence-electron chi connectivity index (χ0n) is 15.4. The van der Waals surface area contributed by atoms with Gasteiger partial charge in [0.1, 0.15) is 12.5 Å². The third-order valence-electron chi connectivity index (χ3n) is 4.90. The van der Waals surface area contributed by atoms with Crippen molar-refractivity contribution < 1.29 is 23.1 Å². The summed E-state index contributed by atoms with van der Waals surface area (Å²) in [5.74, 6) is -1.33. The first-order chi connectivity index (χ1) is 12.9. The molecule has 2 heterocycles. The second-order valence-electron chi connectivity index (χ2n) is 6.73. The van der Waals surface area contributed by atoms with Gasteiger partial charge in [-0.3, -0.25) is 9.69 Å². The number of carbonyl (C=O) groups excluding carboxylic acids is 2. The molecule has 8 heteroatoms. The van der Waals surface area contributed by atoms with Gasteiger partial charge >= 0.3 is 5.97 Å². The Kier molecular flexibility index (Phi) is 5.74. The number of esters is 1. The van der Waals surface area contributed by atoms with Crippen molar-refractivity contribution in [3.8, 4) is 0 Å². The Morgan fingerprint density at radius 3 is 2.59 bits per heavy atom. The van der Waals surface area contributed by atoms with Gasteiger partial charge in [0, 0.05) is 45.2 Å². The number of rotatable bonds is 5. The number of carbonyl (C=O) groups is 2. The van der Waals surface area contributed by atoms with Gasteiger partial charge in [-0.15, -0.1) is 0 Å². The van der Waals surface area contributed by atoms with Gasteiger partial charge in [-0.2, -0.15) is 0 Å². The van der Waals surface area contributed by atoms with Gasteiger partial charge < -0.3 is 15.0 Å². The highest BCUT2D eigenvalue weighted by molar-refractivity contribution is 6.19. The van der Waals surface area contributed by atoms with Crippen LogP contribution in [0.15, 0.2) is 23.8 Å². The van der Waals surface area contributed by atoms with Crippen LogP contribution < -0.4 is 10.2 Å². The van der Waals surface area contributed by atoms with E-state index in [4.69, 9.17) is 4.74 Å². The fourth-order valence-electron chi connectivity index (χ4n) is 3.47. The second kappa shape index (κ2) is 8.04. The Balaban J connectivity index is 1.78. The highest BCUT2D eigenvalue weighted by Crippen LogP contribution is 2.32. The lowest BCUT2D eigenvalue weighted by atomic mass is 10.0. The Morgan fingerprint density at radius 2 is 2.00 bits per heavy atom. The fraction of sp³-hybridized carbons (Fsp3) is 0.474. The number of halogens is 2. The van der Waals surface area contributed by atoms with Crippen molar-refractivity contribution in [2.45, 2.75) is 20.1 Å². The third-order valence-corrected chi connectivity index (χ3v) is 4.90. The molecule has 0 unspecified atom stereocenters. The van der Waals surface area contributed by atoms with E-state index in [1.807, 2.05) is 9.80 Å². The molecule has 6 nitrogen and oxygen atoms in total. The number of alkyl halides is 1. The number of nitrogens with zero attached hydrogens (tertiary/aromatic N) is 2. The van der Waals surface area contributed by atoms with Gasteiger partial charge in [0.25, 0.3) is 0 Å². The van der Waals surface area contributed by atoms with Crippen LogP contribution in [0.5, 0.6) is 0 Å². The zero-order valence-corrected chi connectivity index (χ0v) is 15.4. The number of nitrogens with one attached hydrogen (secondary N) is 1. The van der Waals surface area contributed by atoms with Crippen LogP contribution in [0.1, 0.15) is 19.4 Å². The molecule has 1 aromatic rings. The van der Waals surface area contributed by atoms with E-state index in [2.05, 4.69) is 5.32 Å². The molecule has 1 N–H and O–H groups in total. The Morgan fingerprint density at radius 1 is 1.30 bits per heavy atom. The summed E-state index contributed by atoms with van der Waals surface area (Å²) in [7, 11) is 0. The van der Waals surface area contributed by atoms with Crippen LogP contribution in [0.3, 0.4) is 0 Å². The van der Waals surface area contributed by atoms with Crippen molar-refractivity contribution in [1.29, 1.82) is 0 Å². The molecule has 0 radical (unpaired) electrons. The monoisotopic (exact) mass is 379 g/mol. The largest absolute Gasteiger partial charge is 0.434 e. The number of piperazine rings is 1. The van der Waals surface area contributed by atoms with Crippen molar-refractivity contribution in [1.82, 2.24) is 10.2 Å². The molecule has 0 saturated carbocycles.